The Kier molecular flexibility index (Phi) is 5.68. The SMILES string of the molecule is COCC(Cl)CN(C)C(=O)c1ccncc1Cl. The van der Waals surface area contributed by atoms with E-state index in [1.54, 1.807) is 20.2 Å². The first-order valence-electron chi connectivity index (χ1n) is 5.04. The van der Waals surface area contributed by atoms with Crippen LogP contribution in [0.1, 0.15) is 10.4 Å². The summed E-state index contributed by atoms with van der Waals surface area (Å²) in [4.78, 5) is 17.4. The largest absolute Gasteiger partial charge is 0.383 e. The van der Waals surface area contributed by atoms with E-state index in [1.165, 1.54) is 17.3 Å². The zero-order chi connectivity index (χ0) is 12.8. The number of amides is 1. The first kappa shape index (κ1) is 14.2. The van der Waals surface area contributed by atoms with E-state index >= 15 is 0 Å². The molecule has 1 atom stereocenters. The number of ether oxygens (including phenoxy) is 1. The molecule has 0 N–H and O–H groups in total. The van der Waals surface area contributed by atoms with Gasteiger partial charge in [-0.3, -0.25) is 9.78 Å². The van der Waals surface area contributed by atoms with Gasteiger partial charge < -0.3 is 9.64 Å². The van der Waals surface area contributed by atoms with Gasteiger partial charge in [-0.05, 0) is 6.07 Å². The molecule has 1 aromatic heterocycles. The zero-order valence-electron chi connectivity index (χ0n) is 9.69. The summed E-state index contributed by atoms with van der Waals surface area (Å²) in [5.74, 6) is -0.181. The van der Waals surface area contributed by atoms with E-state index in [9.17, 15) is 4.79 Å². The molecule has 6 heteroatoms. The highest BCUT2D eigenvalue weighted by Crippen LogP contribution is 2.15. The first-order valence-corrected chi connectivity index (χ1v) is 5.85. The molecule has 17 heavy (non-hydrogen) atoms. The molecule has 1 unspecified atom stereocenters. The summed E-state index contributed by atoms with van der Waals surface area (Å²) in [7, 11) is 3.24. The number of carbonyl (C=O) groups is 1. The van der Waals surface area contributed by atoms with Crippen LogP contribution in [-0.4, -0.2) is 48.5 Å². The van der Waals surface area contributed by atoms with Gasteiger partial charge in [0, 0.05) is 33.1 Å². The number of rotatable bonds is 5. The average molecular weight is 277 g/mol. The van der Waals surface area contributed by atoms with E-state index in [0.717, 1.165) is 0 Å². The topological polar surface area (TPSA) is 42.4 Å². The van der Waals surface area contributed by atoms with Gasteiger partial charge in [0.05, 0.1) is 22.6 Å². The van der Waals surface area contributed by atoms with Gasteiger partial charge in [0.2, 0.25) is 0 Å². The quantitative estimate of drug-likeness (QED) is 0.774. The number of nitrogens with zero attached hydrogens (tertiary/aromatic N) is 2. The van der Waals surface area contributed by atoms with Gasteiger partial charge in [0.1, 0.15) is 0 Å². The van der Waals surface area contributed by atoms with Crippen molar-refractivity contribution in [3.05, 3.63) is 29.0 Å². The van der Waals surface area contributed by atoms with E-state index < -0.39 is 0 Å². The van der Waals surface area contributed by atoms with Gasteiger partial charge >= 0.3 is 0 Å². The van der Waals surface area contributed by atoms with Crippen LogP contribution in [0.2, 0.25) is 5.02 Å². The standard InChI is InChI=1S/C11H14Cl2N2O2/c1-15(6-8(12)7-17-2)11(16)9-3-4-14-5-10(9)13/h3-5,8H,6-7H2,1-2H3. The highest BCUT2D eigenvalue weighted by molar-refractivity contribution is 6.33. The smallest absolute Gasteiger partial charge is 0.255 e. The van der Waals surface area contributed by atoms with Crippen LogP contribution < -0.4 is 0 Å². The maximum atomic E-state index is 12.0. The van der Waals surface area contributed by atoms with Crippen molar-refractivity contribution in [1.29, 1.82) is 0 Å². The summed E-state index contributed by atoms with van der Waals surface area (Å²) in [5.41, 5.74) is 0.422. The second-order valence-electron chi connectivity index (χ2n) is 3.59. The Balaban J connectivity index is 2.67. The summed E-state index contributed by atoms with van der Waals surface area (Å²) >= 11 is 11.9. The van der Waals surface area contributed by atoms with Crippen LogP contribution in [0.4, 0.5) is 0 Å². The van der Waals surface area contributed by atoms with E-state index in [0.29, 0.717) is 23.7 Å². The highest BCUT2D eigenvalue weighted by Gasteiger charge is 2.17. The molecule has 0 spiro atoms. The zero-order valence-corrected chi connectivity index (χ0v) is 11.2. The van der Waals surface area contributed by atoms with Crippen molar-refractivity contribution >= 4 is 29.1 Å². The maximum Gasteiger partial charge on any atom is 0.255 e. The van der Waals surface area contributed by atoms with Crippen molar-refractivity contribution in [3.8, 4) is 0 Å². The maximum absolute atomic E-state index is 12.0. The van der Waals surface area contributed by atoms with Gasteiger partial charge in [0.25, 0.3) is 5.91 Å². The Morgan fingerprint density at radius 1 is 1.65 bits per heavy atom. The van der Waals surface area contributed by atoms with Crippen molar-refractivity contribution in [3.63, 3.8) is 0 Å². The van der Waals surface area contributed by atoms with Crippen molar-refractivity contribution < 1.29 is 9.53 Å². The van der Waals surface area contributed by atoms with E-state index in [-0.39, 0.29) is 11.3 Å². The summed E-state index contributed by atoms with van der Waals surface area (Å²) < 4.78 is 4.91. The number of methoxy groups -OCH3 is 1. The minimum Gasteiger partial charge on any atom is -0.383 e. The minimum absolute atomic E-state index is 0.181. The third kappa shape index (κ3) is 4.15. The first-order chi connectivity index (χ1) is 8.06. The van der Waals surface area contributed by atoms with Gasteiger partial charge in [0.15, 0.2) is 0 Å². The number of hydrogen-bond acceptors (Lipinski definition) is 3. The third-order valence-corrected chi connectivity index (χ3v) is 2.73. The molecule has 0 saturated carbocycles. The van der Waals surface area contributed by atoms with Crippen LogP contribution in [0.5, 0.6) is 0 Å². The number of aromatic nitrogens is 1. The fourth-order valence-electron chi connectivity index (χ4n) is 1.37. The number of hydrogen-bond donors (Lipinski definition) is 0. The normalized spacial score (nSPS) is 12.2. The summed E-state index contributed by atoms with van der Waals surface area (Å²) in [6.45, 7) is 0.788. The van der Waals surface area contributed by atoms with Crippen molar-refractivity contribution in [1.82, 2.24) is 9.88 Å². The molecule has 0 aliphatic carbocycles. The van der Waals surface area contributed by atoms with Gasteiger partial charge in [-0.25, -0.2) is 0 Å². The van der Waals surface area contributed by atoms with E-state index in [4.69, 9.17) is 27.9 Å². The van der Waals surface area contributed by atoms with Crippen LogP contribution >= 0.6 is 23.2 Å². The average Bonchev–Trinajstić information content (AvgIpc) is 2.29. The van der Waals surface area contributed by atoms with Gasteiger partial charge in [-0.1, -0.05) is 11.6 Å². The van der Waals surface area contributed by atoms with Crippen molar-refractivity contribution in [2.24, 2.45) is 0 Å². The van der Waals surface area contributed by atoms with Gasteiger partial charge in [-0.2, -0.15) is 0 Å². The Morgan fingerprint density at radius 3 is 2.94 bits per heavy atom. The molecular weight excluding hydrogens is 263 g/mol. The number of pyridine rings is 1. The molecule has 1 heterocycles. The molecule has 0 aliphatic rings. The number of carbonyl (C=O) groups excluding carboxylic acids is 1. The lowest BCUT2D eigenvalue weighted by molar-refractivity contribution is 0.0781. The predicted octanol–water partition coefficient (Wildman–Crippen LogP) is 2.06. The molecule has 1 amide bonds. The van der Waals surface area contributed by atoms with E-state index in [1.807, 2.05) is 0 Å². The van der Waals surface area contributed by atoms with Crippen LogP contribution in [0.15, 0.2) is 18.5 Å². The van der Waals surface area contributed by atoms with Crippen molar-refractivity contribution in [2.75, 3.05) is 27.3 Å². The number of alkyl halides is 1. The Labute approximate surface area is 110 Å². The lowest BCUT2D eigenvalue weighted by Gasteiger charge is -2.20. The number of halogens is 2. The second-order valence-corrected chi connectivity index (χ2v) is 4.62. The summed E-state index contributed by atoms with van der Waals surface area (Å²) in [6.07, 6.45) is 2.97. The predicted molar refractivity (Wildman–Crippen MR) is 67.7 cm³/mol. The molecule has 0 fully saturated rings. The fourth-order valence-corrected chi connectivity index (χ4v) is 1.90. The van der Waals surface area contributed by atoms with Gasteiger partial charge in [-0.15, -0.1) is 11.6 Å². The van der Waals surface area contributed by atoms with Crippen LogP contribution in [0.25, 0.3) is 0 Å². The Morgan fingerprint density at radius 2 is 2.35 bits per heavy atom. The molecule has 0 saturated heterocycles. The highest BCUT2D eigenvalue weighted by atomic mass is 35.5. The molecule has 1 rings (SSSR count). The Hall–Kier alpha value is -0.840. The molecule has 94 valence electrons. The van der Waals surface area contributed by atoms with Crippen molar-refractivity contribution in [2.45, 2.75) is 5.38 Å². The fraction of sp³-hybridized carbons (Fsp3) is 0.455. The minimum atomic E-state index is -0.241. The summed E-state index contributed by atoms with van der Waals surface area (Å²) in [5, 5.41) is 0.0942. The lowest BCUT2D eigenvalue weighted by Crippen LogP contribution is -2.34. The van der Waals surface area contributed by atoms with E-state index in [2.05, 4.69) is 4.98 Å². The molecule has 0 aromatic carbocycles. The molecule has 0 bridgehead atoms. The molecular formula is C11H14Cl2N2O2. The van der Waals surface area contributed by atoms with Crippen LogP contribution in [0.3, 0.4) is 0 Å². The molecule has 1 aromatic rings. The van der Waals surface area contributed by atoms with Crippen LogP contribution in [-0.2, 0) is 4.74 Å². The third-order valence-electron chi connectivity index (χ3n) is 2.17. The molecule has 0 aliphatic heterocycles. The summed E-state index contributed by atoms with van der Waals surface area (Å²) in [6, 6.07) is 1.58. The molecule has 0 radical (unpaired) electrons. The second kappa shape index (κ2) is 6.79. The Bertz CT molecular complexity index is 387. The molecule has 4 nitrogen and oxygen atoms in total. The monoisotopic (exact) mass is 276 g/mol. The lowest BCUT2D eigenvalue weighted by atomic mass is 10.2. The van der Waals surface area contributed by atoms with Crippen LogP contribution in [0, 0.1) is 0 Å².